The summed E-state index contributed by atoms with van der Waals surface area (Å²) in [4.78, 5) is 0. The molecule has 0 radical (unpaired) electrons. The third-order valence-corrected chi connectivity index (χ3v) is 6.07. The summed E-state index contributed by atoms with van der Waals surface area (Å²) in [6.07, 6.45) is 11.0. The van der Waals surface area contributed by atoms with Gasteiger partial charge in [-0.2, -0.15) is 0 Å². The molecule has 3 nitrogen and oxygen atoms in total. The minimum Gasteiger partial charge on any atom is -0.494 e. The van der Waals surface area contributed by atoms with Crippen LogP contribution in [0.3, 0.4) is 0 Å². The van der Waals surface area contributed by atoms with Crippen molar-refractivity contribution in [3.05, 3.63) is 41.4 Å². The highest BCUT2D eigenvalue weighted by Gasteiger charge is 2.08. The molecule has 28 heavy (non-hydrogen) atoms. The largest absolute Gasteiger partial charge is 0.494 e. The van der Waals surface area contributed by atoms with Gasteiger partial charge in [-0.15, -0.1) is 10.2 Å². The van der Waals surface area contributed by atoms with Gasteiger partial charge in [-0.25, -0.2) is 0 Å². The quantitative estimate of drug-likeness (QED) is 0.298. The second-order valence-electron chi connectivity index (χ2n) is 7.44. The van der Waals surface area contributed by atoms with Crippen molar-refractivity contribution in [2.45, 2.75) is 71.6 Å². The maximum Gasteiger partial charge on any atom is 0.147 e. The lowest BCUT2D eigenvalue weighted by atomic mass is 10.1. The maximum absolute atomic E-state index is 5.91. The maximum atomic E-state index is 5.91. The number of aryl methyl sites for hydroxylation is 1. The monoisotopic (exact) mass is 396 g/mol. The van der Waals surface area contributed by atoms with E-state index < -0.39 is 0 Å². The van der Waals surface area contributed by atoms with E-state index in [0.717, 1.165) is 40.8 Å². The van der Waals surface area contributed by atoms with Crippen LogP contribution < -0.4 is 4.74 Å². The Morgan fingerprint density at radius 2 is 1.54 bits per heavy atom. The van der Waals surface area contributed by atoms with Crippen LogP contribution in [0.2, 0.25) is 0 Å². The summed E-state index contributed by atoms with van der Waals surface area (Å²) in [7, 11) is 0. The van der Waals surface area contributed by atoms with E-state index in [9.17, 15) is 0 Å². The lowest BCUT2D eigenvalue weighted by Crippen LogP contribution is -1.97. The minimum absolute atomic E-state index is 0.801. The number of rotatable bonds is 12. The Balaban J connectivity index is 1.61. The van der Waals surface area contributed by atoms with E-state index in [1.54, 1.807) is 11.3 Å². The van der Waals surface area contributed by atoms with Gasteiger partial charge in [0.25, 0.3) is 0 Å². The predicted octanol–water partition coefficient (Wildman–Crippen LogP) is 7.44. The van der Waals surface area contributed by atoms with Crippen LogP contribution in [0.5, 0.6) is 5.75 Å². The second kappa shape index (κ2) is 11.2. The van der Waals surface area contributed by atoms with Gasteiger partial charge in [0, 0.05) is 12.0 Å². The summed E-state index contributed by atoms with van der Waals surface area (Å²) in [6, 6.07) is 12.9. The molecule has 0 spiro atoms. The molecule has 0 aliphatic rings. The van der Waals surface area contributed by atoms with E-state index in [1.165, 1.54) is 55.7 Å². The Bertz CT molecular complexity index is 859. The summed E-state index contributed by atoms with van der Waals surface area (Å²) in [5.41, 5.74) is 1.15. The third kappa shape index (κ3) is 6.03. The van der Waals surface area contributed by atoms with Gasteiger partial charge in [-0.1, -0.05) is 81.9 Å². The highest BCUT2D eigenvalue weighted by molar-refractivity contribution is 7.14. The molecule has 0 saturated heterocycles. The Morgan fingerprint density at radius 1 is 0.786 bits per heavy atom. The fourth-order valence-electron chi connectivity index (χ4n) is 3.34. The summed E-state index contributed by atoms with van der Waals surface area (Å²) in [5.74, 6) is 0.960. The van der Waals surface area contributed by atoms with Crippen molar-refractivity contribution in [2.24, 2.45) is 0 Å². The molecule has 0 unspecified atom stereocenters. The predicted molar refractivity (Wildman–Crippen MR) is 120 cm³/mol. The molecule has 0 saturated carbocycles. The molecule has 0 aliphatic carbocycles. The zero-order chi connectivity index (χ0) is 19.6. The normalized spacial score (nSPS) is 11.2. The van der Waals surface area contributed by atoms with Crippen LogP contribution in [0.15, 0.2) is 36.4 Å². The van der Waals surface area contributed by atoms with Gasteiger partial charge >= 0.3 is 0 Å². The first-order chi connectivity index (χ1) is 13.8. The van der Waals surface area contributed by atoms with Crippen LogP contribution in [-0.4, -0.2) is 16.8 Å². The topological polar surface area (TPSA) is 35.0 Å². The van der Waals surface area contributed by atoms with Gasteiger partial charge in [0.1, 0.15) is 15.8 Å². The molecule has 0 atom stereocenters. The van der Waals surface area contributed by atoms with Gasteiger partial charge in [-0.05, 0) is 41.8 Å². The Labute approximate surface area is 173 Å². The third-order valence-electron chi connectivity index (χ3n) is 5.04. The van der Waals surface area contributed by atoms with Gasteiger partial charge in [-0.3, -0.25) is 0 Å². The van der Waals surface area contributed by atoms with Gasteiger partial charge in [0.15, 0.2) is 0 Å². The molecule has 4 heteroatoms. The number of nitrogens with zero attached hydrogens (tertiary/aromatic N) is 2. The number of hydrogen-bond acceptors (Lipinski definition) is 4. The summed E-state index contributed by atoms with van der Waals surface area (Å²) in [5, 5.41) is 13.4. The molecule has 1 aromatic heterocycles. The van der Waals surface area contributed by atoms with Crippen molar-refractivity contribution in [3.63, 3.8) is 0 Å². The summed E-state index contributed by atoms with van der Waals surface area (Å²) in [6.45, 7) is 5.27. The Morgan fingerprint density at radius 3 is 2.36 bits per heavy atom. The molecule has 0 amide bonds. The molecule has 3 rings (SSSR count). The molecule has 0 aliphatic heterocycles. The molecule has 0 N–H and O–H groups in total. The average molecular weight is 397 g/mol. The van der Waals surface area contributed by atoms with Crippen molar-refractivity contribution >= 4 is 22.1 Å². The van der Waals surface area contributed by atoms with E-state index in [0.29, 0.717) is 0 Å². The lowest BCUT2D eigenvalue weighted by molar-refractivity contribution is 0.305. The average Bonchev–Trinajstić information content (AvgIpc) is 3.19. The number of unbranched alkanes of at least 4 members (excludes halogenated alkanes) is 6. The first-order valence-corrected chi connectivity index (χ1v) is 11.6. The van der Waals surface area contributed by atoms with Crippen LogP contribution >= 0.6 is 11.3 Å². The number of fused-ring (bicyclic) bond motifs is 1. The number of benzene rings is 2. The van der Waals surface area contributed by atoms with Crippen molar-refractivity contribution < 1.29 is 4.74 Å². The van der Waals surface area contributed by atoms with Crippen molar-refractivity contribution in [2.75, 3.05) is 6.61 Å². The first-order valence-electron chi connectivity index (χ1n) is 10.8. The van der Waals surface area contributed by atoms with Crippen molar-refractivity contribution in [3.8, 4) is 16.3 Å². The number of ether oxygens (including phenoxy) is 1. The van der Waals surface area contributed by atoms with Crippen molar-refractivity contribution in [1.29, 1.82) is 0 Å². The minimum atomic E-state index is 0.801. The molecular weight excluding hydrogens is 364 g/mol. The van der Waals surface area contributed by atoms with Crippen LogP contribution in [0.25, 0.3) is 21.3 Å². The molecular formula is C24H32N2OS. The van der Waals surface area contributed by atoms with E-state index in [1.807, 2.05) is 0 Å². The summed E-state index contributed by atoms with van der Waals surface area (Å²) >= 11 is 1.73. The smallest absolute Gasteiger partial charge is 0.147 e. The molecule has 0 fully saturated rings. The Kier molecular flexibility index (Phi) is 8.28. The molecule has 3 aromatic rings. The van der Waals surface area contributed by atoms with Crippen molar-refractivity contribution in [1.82, 2.24) is 10.2 Å². The second-order valence-corrected chi connectivity index (χ2v) is 8.51. The molecule has 2 aromatic carbocycles. The van der Waals surface area contributed by atoms with Gasteiger partial charge in [0.2, 0.25) is 0 Å². The standard InChI is InChI=1S/C24H32N2OS/c1-3-5-7-9-11-23-25-26-24(28-23)21-13-12-20-18-22(15-14-19(20)17-21)27-16-10-8-6-4-2/h12-15,17-18H,3-11,16H2,1-2H3. The first kappa shape index (κ1) is 20.8. The van der Waals surface area contributed by atoms with E-state index >= 15 is 0 Å². The molecule has 150 valence electrons. The van der Waals surface area contributed by atoms with Crippen LogP contribution in [0.1, 0.15) is 70.2 Å². The molecule has 0 bridgehead atoms. The van der Waals surface area contributed by atoms with E-state index in [-0.39, 0.29) is 0 Å². The SMILES string of the molecule is CCCCCCOc1ccc2cc(-c3nnc(CCCCCC)s3)ccc2c1. The fourth-order valence-corrected chi connectivity index (χ4v) is 4.22. The fraction of sp³-hybridized carbons (Fsp3) is 0.500. The number of aromatic nitrogens is 2. The highest BCUT2D eigenvalue weighted by atomic mass is 32.1. The van der Waals surface area contributed by atoms with Crippen LogP contribution in [0, 0.1) is 0 Å². The number of hydrogen-bond donors (Lipinski definition) is 0. The van der Waals surface area contributed by atoms with E-state index in [2.05, 4.69) is 60.4 Å². The Hall–Kier alpha value is -1.94. The van der Waals surface area contributed by atoms with Gasteiger partial charge in [0.05, 0.1) is 6.61 Å². The zero-order valence-corrected chi connectivity index (χ0v) is 18.1. The highest BCUT2D eigenvalue weighted by Crippen LogP contribution is 2.29. The van der Waals surface area contributed by atoms with E-state index in [4.69, 9.17) is 4.74 Å². The summed E-state index contributed by atoms with van der Waals surface area (Å²) < 4.78 is 5.91. The van der Waals surface area contributed by atoms with Crippen LogP contribution in [0.4, 0.5) is 0 Å². The van der Waals surface area contributed by atoms with Gasteiger partial charge < -0.3 is 4.74 Å². The van der Waals surface area contributed by atoms with Crippen LogP contribution in [-0.2, 0) is 6.42 Å². The molecule has 1 heterocycles. The lowest BCUT2D eigenvalue weighted by Gasteiger charge is -2.08. The zero-order valence-electron chi connectivity index (χ0n) is 17.2.